The van der Waals surface area contributed by atoms with Gasteiger partial charge in [0.05, 0.1) is 13.1 Å². The monoisotopic (exact) mass is 348 g/mol. The second-order valence-corrected chi connectivity index (χ2v) is 6.71. The number of imide groups is 1. The SMILES string of the molecule is CCCC[n+]1ccn(CCN2C(=O)c3cccc4cccc(c34)C2=O)c1. The van der Waals surface area contributed by atoms with Crippen LogP contribution in [0.15, 0.2) is 55.1 Å². The molecule has 0 saturated carbocycles. The zero-order valence-electron chi connectivity index (χ0n) is 14.9. The topological polar surface area (TPSA) is 46.2 Å². The van der Waals surface area contributed by atoms with Crippen LogP contribution >= 0.6 is 0 Å². The number of aryl methyl sites for hydroxylation is 1. The number of aromatic nitrogens is 2. The minimum Gasteiger partial charge on any atom is -0.270 e. The van der Waals surface area contributed by atoms with Crippen molar-refractivity contribution in [3.63, 3.8) is 0 Å². The van der Waals surface area contributed by atoms with Crippen molar-refractivity contribution in [2.24, 2.45) is 0 Å². The highest BCUT2D eigenvalue weighted by atomic mass is 16.2. The third-order valence-electron chi connectivity index (χ3n) is 4.95. The van der Waals surface area contributed by atoms with Gasteiger partial charge in [-0.3, -0.25) is 14.5 Å². The summed E-state index contributed by atoms with van der Waals surface area (Å²) in [6.07, 6.45) is 8.34. The maximum atomic E-state index is 12.9. The number of benzene rings is 2. The van der Waals surface area contributed by atoms with E-state index in [2.05, 4.69) is 11.5 Å². The third kappa shape index (κ3) is 2.79. The van der Waals surface area contributed by atoms with Crippen molar-refractivity contribution < 1.29 is 14.2 Å². The van der Waals surface area contributed by atoms with Crippen molar-refractivity contribution in [3.8, 4) is 0 Å². The predicted octanol–water partition coefficient (Wildman–Crippen LogP) is 3.03. The van der Waals surface area contributed by atoms with Crippen LogP contribution in [0.2, 0.25) is 0 Å². The Morgan fingerprint density at radius 2 is 1.65 bits per heavy atom. The van der Waals surface area contributed by atoms with Gasteiger partial charge in [0, 0.05) is 16.5 Å². The standard InChI is InChI=1S/C21H22N3O2/c1-2-3-10-22-11-12-23(15-22)13-14-24-20(25)17-8-4-6-16-7-5-9-18(19(16)17)21(24)26/h4-9,11-12,15H,2-3,10,13-14H2,1H3/q+1. The molecule has 0 saturated heterocycles. The molecule has 0 fully saturated rings. The molecule has 0 unspecified atom stereocenters. The highest BCUT2D eigenvalue weighted by Gasteiger charge is 2.32. The molecule has 4 rings (SSSR count). The fourth-order valence-corrected chi connectivity index (χ4v) is 3.54. The first kappa shape index (κ1) is 16.5. The molecule has 132 valence electrons. The summed E-state index contributed by atoms with van der Waals surface area (Å²) in [4.78, 5) is 27.1. The molecule has 1 aliphatic heterocycles. The van der Waals surface area contributed by atoms with Gasteiger partial charge in [-0.25, -0.2) is 9.13 Å². The number of carbonyl (C=O) groups excluding carboxylic acids is 2. The summed E-state index contributed by atoms with van der Waals surface area (Å²) >= 11 is 0. The summed E-state index contributed by atoms with van der Waals surface area (Å²) < 4.78 is 4.16. The number of hydrogen-bond donors (Lipinski definition) is 0. The van der Waals surface area contributed by atoms with Crippen molar-refractivity contribution in [1.29, 1.82) is 0 Å². The molecule has 0 radical (unpaired) electrons. The van der Waals surface area contributed by atoms with Crippen LogP contribution < -0.4 is 4.57 Å². The zero-order valence-corrected chi connectivity index (χ0v) is 14.9. The Balaban J connectivity index is 1.56. The summed E-state index contributed by atoms with van der Waals surface area (Å²) in [5.74, 6) is -0.407. The van der Waals surface area contributed by atoms with Crippen molar-refractivity contribution in [2.45, 2.75) is 32.9 Å². The summed E-state index contributed by atoms with van der Waals surface area (Å²) in [6, 6.07) is 11.2. The maximum absolute atomic E-state index is 12.9. The van der Waals surface area contributed by atoms with E-state index in [1.165, 1.54) is 4.90 Å². The van der Waals surface area contributed by atoms with E-state index >= 15 is 0 Å². The average Bonchev–Trinajstić information content (AvgIpc) is 3.12. The van der Waals surface area contributed by atoms with Gasteiger partial charge in [0.25, 0.3) is 11.8 Å². The molecule has 0 bridgehead atoms. The van der Waals surface area contributed by atoms with E-state index in [4.69, 9.17) is 0 Å². The first-order valence-electron chi connectivity index (χ1n) is 9.12. The van der Waals surface area contributed by atoms with Gasteiger partial charge in [0.15, 0.2) is 0 Å². The van der Waals surface area contributed by atoms with Gasteiger partial charge >= 0.3 is 0 Å². The minimum atomic E-state index is -0.203. The van der Waals surface area contributed by atoms with Crippen molar-refractivity contribution >= 4 is 22.6 Å². The van der Waals surface area contributed by atoms with Gasteiger partial charge in [0.1, 0.15) is 18.9 Å². The van der Waals surface area contributed by atoms with Crippen molar-refractivity contribution in [2.75, 3.05) is 6.54 Å². The Bertz CT molecular complexity index is 939. The molecule has 2 amide bonds. The Hall–Kier alpha value is -2.95. The molecular weight excluding hydrogens is 326 g/mol. The van der Waals surface area contributed by atoms with Gasteiger partial charge in [0.2, 0.25) is 6.33 Å². The Morgan fingerprint density at radius 3 is 2.31 bits per heavy atom. The van der Waals surface area contributed by atoms with Crippen LogP contribution in [-0.2, 0) is 13.1 Å². The lowest BCUT2D eigenvalue weighted by Crippen LogP contribution is -2.42. The summed E-state index contributed by atoms with van der Waals surface area (Å²) in [7, 11) is 0. The number of nitrogens with zero attached hydrogens (tertiary/aromatic N) is 3. The molecule has 0 atom stereocenters. The summed E-state index contributed by atoms with van der Waals surface area (Å²) in [5, 5.41) is 1.71. The molecule has 5 nitrogen and oxygen atoms in total. The number of amides is 2. The lowest BCUT2D eigenvalue weighted by Gasteiger charge is -2.26. The molecule has 2 aromatic carbocycles. The van der Waals surface area contributed by atoms with E-state index in [9.17, 15) is 9.59 Å². The van der Waals surface area contributed by atoms with Crippen LogP contribution in [0.5, 0.6) is 0 Å². The van der Waals surface area contributed by atoms with E-state index < -0.39 is 0 Å². The highest BCUT2D eigenvalue weighted by molar-refractivity contribution is 6.25. The van der Waals surface area contributed by atoms with Gasteiger partial charge in [-0.2, -0.15) is 0 Å². The lowest BCUT2D eigenvalue weighted by atomic mass is 9.94. The van der Waals surface area contributed by atoms with E-state index in [0.717, 1.165) is 30.2 Å². The van der Waals surface area contributed by atoms with Gasteiger partial charge < -0.3 is 0 Å². The van der Waals surface area contributed by atoms with Crippen molar-refractivity contribution in [3.05, 3.63) is 66.2 Å². The van der Waals surface area contributed by atoms with Gasteiger partial charge in [-0.1, -0.05) is 37.6 Å². The van der Waals surface area contributed by atoms with Crippen LogP contribution in [0, 0.1) is 0 Å². The smallest absolute Gasteiger partial charge is 0.261 e. The lowest BCUT2D eigenvalue weighted by molar-refractivity contribution is -0.696. The molecule has 5 heteroatoms. The Morgan fingerprint density at radius 1 is 0.962 bits per heavy atom. The molecule has 1 aliphatic rings. The quantitative estimate of drug-likeness (QED) is 0.508. The molecule has 26 heavy (non-hydrogen) atoms. The Kier molecular flexibility index (Phi) is 4.29. The molecule has 0 N–H and O–H groups in total. The summed E-state index contributed by atoms with van der Waals surface area (Å²) in [6.45, 7) is 4.11. The van der Waals surface area contributed by atoms with Crippen LogP contribution in [-0.4, -0.2) is 27.8 Å². The van der Waals surface area contributed by atoms with E-state index in [0.29, 0.717) is 24.2 Å². The Labute approximate surface area is 152 Å². The number of unbranched alkanes of at least 4 members (excludes halogenated alkanes) is 1. The second-order valence-electron chi connectivity index (χ2n) is 6.71. The van der Waals surface area contributed by atoms with E-state index in [-0.39, 0.29) is 11.8 Å². The number of hydrogen-bond acceptors (Lipinski definition) is 2. The largest absolute Gasteiger partial charge is 0.270 e. The number of carbonyl (C=O) groups is 2. The maximum Gasteiger partial charge on any atom is 0.261 e. The molecule has 3 aromatic rings. The van der Waals surface area contributed by atoms with Crippen molar-refractivity contribution in [1.82, 2.24) is 9.47 Å². The van der Waals surface area contributed by atoms with Crippen LogP contribution in [0.1, 0.15) is 40.5 Å². The first-order chi connectivity index (χ1) is 12.7. The molecule has 0 aliphatic carbocycles. The molecule has 0 spiro atoms. The normalized spacial score (nSPS) is 13.7. The molecular formula is C21H22N3O2+. The fourth-order valence-electron chi connectivity index (χ4n) is 3.54. The second kappa shape index (κ2) is 6.75. The van der Waals surface area contributed by atoms with Crippen LogP contribution in [0.4, 0.5) is 0 Å². The third-order valence-corrected chi connectivity index (χ3v) is 4.95. The van der Waals surface area contributed by atoms with Gasteiger partial charge in [-0.15, -0.1) is 0 Å². The fraction of sp³-hybridized carbons (Fsp3) is 0.286. The zero-order chi connectivity index (χ0) is 18.1. The van der Waals surface area contributed by atoms with Gasteiger partial charge in [-0.05, 0) is 23.9 Å². The van der Waals surface area contributed by atoms with Crippen LogP contribution in [0.3, 0.4) is 0 Å². The predicted molar refractivity (Wildman–Crippen MR) is 98.9 cm³/mol. The number of rotatable bonds is 6. The highest BCUT2D eigenvalue weighted by Crippen LogP contribution is 2.29. The molecule has 2 heterocycles. The minimum absolute atomic E-state index is 0.203. The van der Waals surface area contributed by atoms with E-state index in [1.54, 1.807) is 0 Å². The average molecular weight is 348 g/mol. The first-order valence-corrected chi connectivity index (χ1v) is 9.12. The van der Waals surface area contributed by atoms with Crippen LogP contribution in [0.25, 0.3) is 10.8 Å². The number of imidazole rings is 1. The summed E-state index contributed by atoms with van der Waals surface area (Å²) in [5.41, 5.74) is 1.23. The molecule has 1 aromatic heterocycles. The van der Waals surface area contributed by atoms with E-state index in [1.807, 2.05) is 59.7 Å².